The highest BCUT2D eigenvalue weighted by molar-refractivity contribution is 6.99. The molecule has 2 atom stereocenters. The largest absolute Gasteiger partial charge is 0.410 e. The van der Waals surface area contributed by atoms with Crippen molar-refractivity contribution < 1.29 is 27.7 Å². The number of aryl methyl sites for hydroxylation is 2. The van der Waals surface area contributed by atoms with Gasteiger partial charge >= 0.3 is 0 Å². The number of rotatable bonds is 8. The van der Waals surface area contributed by atoms with E-state index in [0.29, 0.717) is 35.7 Å². The van der Waals surface area contributed by atoms with Crippen molar-refractivity contribution in [2.75, 3.05) is 18.0 Å². The maximum absolute atomic E-state index is 16.5. The maximum atomic E-state index is 16.5. The van der Waals surface area contributed by atoms with Gasteiger partial charge in [0.15, 0.2) is 11.6 Å². The van der Waals surface area contributed by atoms with E-state index in [-0.39, 0.29) is 40.8 Å². The molecular weight excluding hydrogens is 592 g/mol. The lowest BCUT2D eigenvalue weighted by atomic mass is 9.96. The third-order valence-corrected chi connectivity index (χ3v) is 13.5. The van der Waals surface area contributed by atoms with Crippen molar-refractivity contribution in [1.29, 1.82) is 0 Å². The van der Waals surface area contributed by atoms with E-state index in [4.69, 9.17) is 13.7 Å². The molecule has 1 saturated heterocycles. The fraction of sp³-hybridized carbons (Fsp3) is 0.371. The minimum Gasteiger partial charge on any atom is -0.410 e. The summed E-state index contributed by atoms with van der Waals surface area (Å²) in [6.07, 6.45) is -0.392. The van der Waals surface area contributed by atoms with E-state index in [9.17, 15) is 5.21 Å². The lowest BCUT2D eigenvalue weighted by Gasteiger charge is -2.43. The van der Waals surface area contributed by atoms with E-state index in [2.05, 4.69) is 55.3 Å². The Balaban J connectivity index is 1.72. The highest BCUT2D eigenvalue weighted by atomic mass is 28.4. The second-order valence-corrected chi connectivity index (χ2v) is 17.1. The first-order valence-corrected chi connectivity index (χ1v) is 17.1. The van der Waals surface area contributed by atoms with E-state index in [1.54, 1.807) is 13.8 Å². The Kier molecular flexibility index (Phi) is 9.30. The van der Waals surface area contributed by atoms with Crippen molar-refractivity contribution in [3.63, 3.8) is 0 Å². The Morgan fingerprint density at radius 2 is 1.53 bits per heavy atom. The molecule has 0 radical (unpaired) electrons. The summed E-state index contributed by atoms with van der Waals surface area (Å²) in [7, 11) is -3.05. The number of hydrogen-bond donors (Lipinski definition) is 1. The standard InChI is InChI=1S/C35H41F2N3O4Si/c1-22-19-40(20-23(2)43-22)34-26(18-29(31(36)32(34)37)33(38-41)30-24(3)39-44-25(30)4)21-42-45(35(5,6)7,27-14-10-8-11-15-27)28-16-12-9-13-17-28/h8-18,22-23,41H,19-21H2,1-7H3. The van der Waals surface area contributed by atoms with Crippen LogP contribution in [0.25, 0.3) is 0 Å². The summed E-state index contributed by atoms with van der Waals surface area (Å²) >= 11 is 0. The minimum atomic E-state index is -3.05. The summed E-state index contributed by atoms with van der Waals surface area (Å²) in [5, 5.41) is 19.3. The van der Waals surface area contributed by atoms with Gasteiger partial charge in [-0.3, -0.25) is 0 Å². The third kappa shape index (κ3) is 6.06. The average molecular weight is 634 g/mol. The summed E-state index contributed by atoms with van der Waals surface area (Å²) in [5.74, 6) is -1.84. The first-order chi connectivity index (χ1) is 21.4. The number of nitrogens with zero attached hydrogens (tertiary/aromatic N) is 3. The van der Waals surface area contributed by atoms with Gasteiger partial charge in [-0.2, -0.15) is 0 Å². The van der Waals surface area contributed by atoms with E-state index in [0.717, 1.165) is 10.4 Å². The number of aromatic nitrogens is 1. The zero-order valence-corrected chi connectivity index (χ0v) is 27.9. The zero-order chi connectivity index (χ0) is 32.5. The number of halogens is 2. The van der Waals surface area contributed by atoms with Gasteiger partial charge in [0.2, 0.25) is 0 Å². The van der Waals surface area contributed by atoms with Crippen LogP contribution < -0.4 is 15.3 Å². The number of ether oxygens (including phenoxy) is 1. The molecule has 3 aromatic carbocycles. The van der Waals surface area contributed by atoms with Gasteiger partial charge in [0, 0.05) is 24.2 Å². The van der Waals surface area contributed by atoms with Crippen LogP contribution in [-0.2, 0) is 15.8 Å². The zero-order valence-electron chi connectivity index (χ0n) is 26.9. The Labute approximate surface area is 264 Å². The normalized spacial score (nSPS) is 18.0. The van der Waals surface area contributed by atoms with E-state index in [1.807, 2.05) is 55.1 Å². The monoisotopic (exact) mass is 633 g/mol. The third-order valence-electron chi connectivity index (χ3n) is 8.48. The van der Waals surface area contributed by atoms with Gasteiger partial charge in [0.05, 0.1) is 35.8 Å². The van der Waals surface area contributed by atoms with Crippen LogP contribution in [0.15, 0.2) is 76.4 Å². The fourth-order valence-corrected chi connectivity index (χ4v) is 11.2. The van der Waals surface area contributed by atoms with Gasteiger partial charge in [-0.1, -0.05) is 91.7 Å². The molecule has 2 heterocycles. The van der Waals surface area contributed by atoms with Gasteiger partial charge in [-0.15, -0.1) is 0 Å². The van der Waals surface area contributed by atoms with Crippen LogP contribution in [-0.4, -0.2) is 49.7 Å². The molecule has 10 heteroatoms. The van der Waals surface area contributed by atoms with Crippen LogP contribution >= 0.6 is 0 Å². The number of anilines is 1. The van der Waals surface area contributed by atoms with Gasteiger partial charge in [0.25, 0.3) is 8.32 Å². The Bertz CT molecular complexity index is 1600. The smallest absolute Gasteiger partial charge is 0.261 e. The molecule has 1 aromatic heterocycles. The Morgan fingerprint density at radius 1 is 0.978 bits per heavy atom. The Hall–Kier alpha value is -3.86. The average Bonchev–Trinajstić information content (AvgIpc) is 3.33. The van der Waals surface area contributed by atoms with Crippen molar-refractivity contribution in [2.24, 2.45) is 5.16 Å². The molecule has 7 nitrogen and oxygen atoms in total. The van der Waals surface area contributed by atoms with Crippen molar-refractivity contribution >= 4 is 30.1 Å². The molecule has 0 spiro atoms. The SMILES string of the molecule is Cc1noc(C)c1C(=NO)c1cc(CO[Si](c2ccccc2)(c2ccccc2)C(C)(C)C)c(N2CC(C)OC(C)C2)c(F)c1F. The molecule has 2 unspecified atom stereocenters. The van der Waals surface area contributed by atoms with Crippen molar-refractivity contribution in [1.82, 2.24) is 5.16 Å². The highest BCUT2D eigenvalue weighted by Gasteiger charge is 2.50. The fourth-order valence-electron chi connectivity index (χ4n) is 6.66. The summed E-state index contributed by atoms with van der Waals surface area (Å²) in [6, 6.07) is 21.8. The van der Waals surface area contributed by atoms with E-state index >= 15 is 8.78 Å². The number of oxime groups is 1. The molecule has 4 aromatic rings. The quantitative estimate of drug-likeness (QED) is 0.104. The van der Waals surface area contributed by atoms with E-state index in [1.165, 1.54) is 6.07 Å². The first kappa shape index (κ1) is 32.5. The van der Waals surface area contributed by atoms with Crippen LogP contribution in [0.3, 0.4) is 0 Å². The highest BCUT2D eigenvalue weighted by Crippen LogP contribution is 2.39. The molecule has 1 N–H and O–H groups in total. The minimum absolute atomic E-state index is 0.0206. The molecular formula is C35H41F2N3O4Si. The van der Waals surface area contributed by atoms with Gasteiger partial charge in [-0.05, 0) is 49.2 Å². The molecule has 1 aliphatic rings. The maximum Gasteiger partial charge on any atom is 0.261 e. The predicted molar refractivity (Wildman–Crippen MR) is 174 cm³/mol. The lowest BCUT2D eigenvalue weighted by molar-refractivity contribution is -0.00553. The van der Waals surface area contributed by atoms with Crippen LogP contribution in [0.1, 0.15) is 62.8 Å². The molecule has 1 fully saturated rings. The van der Waals surface area contributed by atoms with Crippen LogP contribution in [0, 0.1) is 25.5 Å². The summed E-state index contributed by atoms with van der Waals surface area (Å²) in [6.45, 7) is 14.3. The number of benzene rings is 3. The van der Waals surface area contributed by atoms with Crippen LogP contribution in [0.2, 0.25) is 5.04 Å². The summed E-state index contributed by atoms with van der Waals surface area (Å²) < 4.78 is 51.1. The van der Waals surface area contributed by atoms with Crippen molar-refractivity contribution in [2.45, 2.75) is 72.3 Å². The molecule has 238 valence electrons. The predicted octanol–water partition coefficient (Wildman–Crippen LogP) is 6.49. The lowest BCUT2D eigenvalue weighted by Crippen LogP contribution is -2.66. The summed E-state index contributed by atoms with van der Waals surface area (Å²) in [5.41, 5.74) is 0.882. The number of hydrogen-bond acceptors (Lipinski definition) is 7. The molecule has 5 rings (SSSR count). The molecule has 0 bridgehead atoms. The van der Waals surface area contributed by atoms with Crippen LogP contribution in [0.4, 0.5) is 14.5 Å². The van der Waals surface area contributed by atoms with Crippen molar-refractivity contribution in [3.8, 4) is 0 Å². The van der Waals surface area contributed by atoms with E-state index < -0.39 is 20.0 Å². The molecule has 0 aliphatic carbocycles. The topological polar surface area (TPSA) is 80.3 Å². The van der Waals surface area contributed by atoms with Crippen LogP contribution in [0.5, 0.6) is 0 Å². The van der Waals surface area contributed by atoms with Gasteiger partial charge < -0.3 is 23.8 Å². The second-order valence-electron chi connectivity index (χ2n) is 12.8. The van der Waals surface area contributed by atoms with Crippen molar-refractivity contribution in [3.05, 3.63) is 107 Å². The molecule has 45 heavy (non-hydrogen) atoms. The molecule has 1 aliphatic heterocycles. The first-order valence-electron chi connectivity index (χ1n) is 15.2. The van der Waals surface area contributed by atoms with Gasteiger partial charge in [-0.25, -0.2) is 8.78 Å². The van der Waals surface area contributed by atoms with Gasteiger partial charge in [0.1, 0.15) is 11.5 Å². The summed E-state index contributed by atoms with van der Waals surface area (Å²) in [4.78, 5) is 1.83. The molecule has 0 saturated carbocycles. The molecule has 0 amide bonds. The Morgan fingerprint density at radius 3 is 2.00 bits per heavy atom. The second kappa shape index (κ2) is 12.9. The number of morpholine rings is 1.